The second-order valence-corrected chi connectivity index (χ2v) is 8.41. The summed E-state index contributed by atoms with van der Waals surface area (Å²) in [6.45, 7) is 0.195. The third kappa shape index (κ3) is 7.53. The van der Waals surface area contributed by atoms with E-state index < -0.39 is 23.7 Å². The van der Waals surface area contributed by atoms with Crippen molar-refractivity contribution in [2.24, 2.45) is 0 Å². The Bertz CT molecular complexity index is 1340. The van der Waals surface area contributed by atoms with Crippen LogP contribution in [0.25, 0.3) is 0 Å². The Labute approximate surface area is 215 Å². The van der Waals surface area contributed by atoms with Gasteiger partial charge in [-0.2, -0.15) is 0 Å². The maximum Gasteiger partial charge on any atom is 0.251 e. The average Bonchev–Trinajstić information content (AvgIpc) is 2.91. The molecule has 0 fully saturated rings. The van der Waals surface area contributed by atoms with Crippen LogP contribution in [0.5, 0.6) is 11.5 Å². The summed E-state index contributed by atoms with van der Waals surface area (Å²) in [7, 11) is 1.70. The summed E-state index contributed by atoms with van der Waals surface area (Å²) in [5, 5.41) is 5.49. The van der Waals surface area contributed by atoms with Crippen LogP contribution in [0.2, 0.25) is 0 Å². The van der Waals surface area contributed by atoms with Crippen LogP contribution in [0.4, 0.5) is 10.1 Å². The lowest BCUT2D eigenvalue weighted by Crippen LogP contribution is -2.47. The van der Waals surface area contributed by atoms with Crippen molar-refractivity contribution in [3.05, 3.63) is 120 Å². The highest BCUT2D eigenvalue weighted by Crippen LogP contribution is 2.22. The fourth-order valence-corrected chi connectivity index (χ4v) is 3.59. The molecule has 0 aromatic heterocycles. The van der Waals surface area contributed by atoms with E-state index >= 15 is 0 Å². The highest BCUT2D eigenvalue weighted by molar-refractivity contribution is 6.36. The van der Waals surface area contributed by atoms with Gasteiger partial charge in [0.1, 0.15) is 31.2 Å². The predicted molar refractivity (Wildman–Crippen MR) is 144 cm³/mol. The van der Waals surface area contributed by atoms with Gasteiger partial charge in [0.05, 0.1) is 13.2 Å². The molecule has 0 bridgehead atoms. The van der Waals surface area contributed by atoms with Crippen molar-refractivity contribution in [2.45, 2.75) is 12.6 Å². The molecular formula is C29H26BFN2O4. The summed E-state index contributed by atoms with van der Waals surface area (Å²) in [5.74, 6) is -0.249. The van der Waals surface area contributed by atoms with Crippen LogP contribution < -0.4 is 20.8 Å². The van der Waals surface area contributed by atoms with Gasteiger partial charge in [0.25, 0.3) is 5.91 Å². The van der Waals surface area contributed by atoms with Crippen LogP contribution in [0.1, 0.15) is 15.9 Å². The third-order valence-electron chi connectivity index (χ3n) is 5.56. The van der Waals surface area contributed by atoms with Crippen molar-refractivity contribution in [1.82, 2.24) is 5.32 Å². The number of amides is 2. The van der Waals surface area contributed by atoms with Gasteiger partial charge in [-0.25, -0.2) is 4.39 Å². The van der Waals surface area contributed by atoms with E-state index in [-0.39, 0.29) is 18.8 Å². The van der Waals surface area contributed by atoms with Crippen molar-refractivity contribution < 1.29 is 23.5 Å². The predicted octanol–water partition coefficient (Wildman–Crippen LogP) is 3.83. The summed E-state index contributed by atoms with van der Waals surface area (Å²) >= 11 is 0. The van der Waals surface area contributed by atoms with Gasteiger partial charge in [-0.3, -0.25) is 9.59 Å². The fourth-order valence-electron chi connectivity index (χ4n) is 3.59. The lowest BCUT2D eigenvalue weighted by Gasteiger charge is -2.19. The van der Waals surface area contributed by atoms with E-state index in [4.69, 9.17) is 9.47 Å². The monoisotopic (exact) mass is 496 g/mol. The van der Waals surface area contributed by atoms with Gasteiger partial charge >= 0.3 is 0 Å². The Balaban J connectivity index is 1.43. The Morgan fingerprint density at radius 3 is 2.19 bits per heavy atom. The Morgan fingerprint density at radius 1 is 0.838 bits per heavy atom. The molecule has 37 heavy (non-hydrogen) atoms. The zero-order valence-corrected chi connectivity index (χ0v) is 20.3. The van der Waals surface area contributed by atoms with E-state index in [0.29, 0.717) is 22.6 Å². The molecule has 0 aliphatic heterocycles. The number of rotatable bonds is 10. The highest BCUT2D eigenvalue weighted by Gasteiger charge is 2.23. The van der Waals surface area contributed by atoms with E-state index in [2.05, 4.69) is 10.6 Å². The first-order chi connectivity index (χ1) is 18.0. The van der Waals surface area contributed by atoms with Gasteiger partial charge in [-0.1, -0.05) is 60.1 Å². The maximum absolute atomic E-state index is 13.8. The second-order valence-electron chi connectivity index (χ2n) is 8.41. The Hall–Kier alpha value is -4.43. The third-order valence-corrected chi connectivity index (χ3v) is 5.56. The van der Waals surface area contributed by atoms with Crippen molar-refractivity contribution in [1.29, 1.82) is 0 Å². The SMILES string of the molecule is Bc1ccc(F)cc1C(=O)NC(COCc1ccccc1)C(=O)Nc1ccc(Oc2ccccc2)cc1. The fraction of sp³-hybridized carbons (Fsp3) is 0.103. The van der Waals surface area contributed by atoms with E-state index in [1.54, 1.807) is 32.1 Å². The number of hydrogen-bond donors (Lipinski definition) is 2. The molecule has 0 aliphatic carbocycles. The molecule has 0 saturated heterocycles. The second kappa shape index (κ2) is 12.5. The minimum absolute atomic E-state index is 0.0734. The highest BCUT2D eigenvalue weighted by atomic mass is 19.1. The van der Waals surface area contributed by atoms with E-state index in [9.17, 15) is 14.0 Å². The van der Waals surface area contributed by atoms with Crippen LogP contribution in [0.3, 0.4) is 0 Å². The molecule has 4 rings (SSSR count). The lowest BCUT2D eigenvalue weighted by atomic mass is 9.90. The number of hydrogen-bond acceptors (Lipinski definition) is 4. The number of halogens is 1. The average molecular weight is 496 g/mol. The largest absolute Gasteiger partial charge is 0.457 e. The number of para-hydroxylation sites is 1. The molecule has 8 heteroatoms. The van der Waals surface area contributed by atoms with Crippen molar-refractivity contribution in [3.63, 3.8) is 0 Å². The lowest BCUT2D eigenvalue weighted by molar-refractivity contribution is -0.119. The smallest absolute Gasteiger partial charge is 0.251 e. The topological polar surface area (TPSA) is 76.7 Å². The standard InChI is InChI=1S/C29H26BFN2O4/c30-26-16-11-21(31)17-25(26)28(34)33-27(19-36-18-20-7-3-1-4-8-20)29(35)32-22-12-14-24(15-13-22)37-23-9-5-2-6-10-23/h1-17,27H,18-19,30H2,(H,32,35)(H,33,34). The van der Waals surface area contributed by atoms with Crippen LogP contribution in [-0.2, 0) is 16.1 Å². The van der Waals surface area contributed by atoms with Crippen molar-refractivity contribution in [2.75, 3.05) is 11.9 Å². The number of carbonyl (C=O) groups is 2. The zero-order chi connectivity index (χ0) is 26.0. The van der Waals surface area contributed by atoms with Crippen LogP contribution in [0, 0.1) is 5.82 Å². The first-order valence-corrected chi connectivity index (χ1v) is 11.8. The molecule has 0 spiro atoms. The normalized spacial score (nSPS) is 11.4. The number of anilines is 1. The van der Waals surface area contributed by atoms with Gasteiger partial charge in [0.2, 0.25) is 5.91 Å². The van der Waals surface area contributed by atoms with Gasteiger partial charge < -0.3 is 20.1 Å². The van der Waals surface area contributed by atoms with E-state index in [1.165, 1.54) is 12.1 Å². The zero-order valence-electron chi connectivity index (χ0n) is 20.3. The van der Waals surface area contributed by atoms with Crippen LogP contribution in [-0.4, -0.2) is 32.3 Å². The molecule has 186 valence electrons. The molecule has 6 nitrogen and oxygen atoms in total. The molecule has 1 atom stereocenters. The molecule has 0 saturated carbocycles. The van der Waals surface area contributed by atoms with Gasteiger partial charge in [0, 0.05) is 11.3 Å². The molecule has 4 aromatic carbocycles. The molecule has 0 radical (unpaired) electrons. The summed E-state index contributed by atoms with van der Waals surface area (Å²) in [4.78, 5) is 26.0. The molecule has 2 amide bonds. The summed E-state index contributed by atoms with van der Waals surface area (Å²) in [6, 6.07) is 28.7. The molecule has 2 N–H and O–H groups in total. The number of carbonyl (C=O) groups excluding carboxylic acids is 2. The molecule has 1 unspecified atom stereocenters. The minimum atomic E-state index is -1.01. The minimum Gasteiger partial charge on any atom is -0.457 e. The Kier molecular flexibility index (Phi) is 8.68. The summed E-state index contributed by atoms with van der Waals surface area (Å²) in [5.41, 5.74) is 2.21. The van der Waals surface area contributed by atoms with Crippen LogP contribution >= 0.6 is 0 Å². The molecule has 4 aromatic rings. The summed E-state index contributed by atoms with van der Waals surface area (Å²) < 4.78 is 25.3. The number of nitrogens with one attached hydrogen (secondary N) is 2. The van der Waals surface area contributed by atoms with Crippen LogP contribution in [0.15, 0.2) is 103 Å². The molecular weight excluding hydrogens is 470 g/mol. The van der Waals surface area contributed by atoms with E-state index in [1.807, 2.05) is 60.7 Å². The quantitative estimate of drug-likeness (QED) is 0.328. The Morgan fingerprint density at radius 2 is 1.49 bits per heavy atom. The maximum atomic E-state index is 13.8. The molecule has 0 aliphatic rings. The van der Waals surface area contributed by atoms with Crippen molar-refractivity contribution in [3.8, 4) is 11.5 Å². The van der Waals surface area contributed by atoms with Gasteiger partial charge in [-0.15, -0.1) is 0 Å². The first kappa shape index (κ1) is 25.7. The van der Waals surface area contributed by atoms with E-state index in [0.717, 1.165) is 11.6 Å². The van der Waals surface area contributed by atoms with Gasteiger partial charge in [0.15, 0.2) is 0 Å². The molecule has 0 heterocycles. The van der Waals surface area contributed by atoms with Gasteiger partial charge in [-0.05, 0) is 54.1 Å². The van der Waals surface area contributed by atoms with Crippen molar-refractivity contribution >= 4 is 30.8 Å². The number of benzene rings is 4. The first-order valence-electron chi connectivity index (χ1n) is 11.8. The number of ether oxygens (including phenoxy) is 2. The summed E-state index contributed by atoms with van der Waals surface area (Å²) in [6.07, 6.45) is 0.